The SMILES string of the molecule is C=CCCC(=O)C(=O)[C@@H]1CCCCCCCO[C@@H](C)[C@H](CC(=O)OC(C)(C)C)C(=O)N2C[C@H]3[C@@H]([C@H]2C(=O)C1)C3(C)C. The van der Waals surface area contributed by atoms with Crippen molar-refractivity contribution in [2.75, 3.05) is 13.2 Å². The number of carbonyl (C=O) groups excluding carboxylic acids is 5. The van der Waals surface area contributed by atoms with E-state index in [-0.39, 0.29) is 48.2 Å². The van der Waals surface area contributed by atoms with E-state index < -0.39 is 47.1 Å². The average Bonchev–Trinajstić information content (AvgIpc) is 3.21. The van der Waals surface area contributed by atoms with Gasteiger partial charge in [0.05, 0.1) is 24.5 Å². The Balaban J connectivity index is 1.90. The van der Waals surface area contributed by atoms with Crippen molar-refractivity contribution in [3.8, 4) is 0 Å². The summed E-state index contributed by atoms with van der Waals surface area (Å²) in [6.07, 6.45) is 6.29. The molecule has 0 aromatic carbocycles. The van der Waals surface area contributed by atoms with Crippen LogP contribution in [0.4, 0.5) is 0 Å². The lowest BCUT2D eigenvalue weighted by Crippen LogP contribution is -2.50. The molecule has 0 aromatic heterocycles. The van der Waals surface area contributed by atoms with Gasteiger partial charge in [-0.2, -0.15) is 0 Å². The van der Waals surface area contributed by atoms with E-state index in [0.29, 0.717) is 26.0 Å². The Hall–Kier alpha value is -2.35. The lowest BCUT2D eigenvalue weighted by Gasteiger charge is -2.35. The minimum atomic E-state index is -0.786. The Morgan fingerprint density at radius 3 is 2.41 bits per heavy atom. The van der Waals surface area contributed by atoms with Crippen molar-refractivity contribution < 1.29 is 33.4 Å². The Morgan fingerprint density at radius 1 is 1.10 bits per heavy atom. The normalized spacial score (nSPS) is 31.1. The van der Waals surface area contributed by atoms with Crippen molar-refractivity contribution in [3.05, 3.63) is 12.7 Å². The van der Waals surface area contributed by atoms with Crippen LogP contribution in [0.15, 0.2) is 12.7 Å². The Kier molecular flexibility index (Phi) is 11.1. The van der Waals surface area contributed by atoms with Gasteiger partial charge in [0.25, 0.3) is 0 Å². The number of Topliss-reactive ketones (excluding diaryl/α,β-unsaturated/α-hetero) is 3. The third-order valence-electron chi connectivity index (χ3n) is 9.26. The Bertz CT molecular complexity index is 1010. The van der Waals surface area contributed by atoms with Crippen LogP contribution in [0.1, 0.15) is 106 Å². The highest BCUT2D eigenvalue weighted by Gasteiger charge is 2.69. The van der Waals surface area contributed by atoms with Gasteiger partial charge >= 0.3 is 5.97 Å². The maximum absolute atomic E-state index is 14.2. The number of ketones is 3. The van der Waals surface area contributed by atoms with Crippen molar-refractivity contribution >= 4 is 29.2 Å². The van der Waals surface area contributed by atoms with Gasteiger partial charge in [0.1, 0.15) is 5.60 Å². The zero-order chi connectivity index (χ0) is 30.5. The van der Waals surface area contributed by atoms with Crippen LogP contribution in [0.5, 0.6) is 0 Å². The van der Waals surface area contributed by atoms with Gasteiger partial charge in [-0.25, -0.2) is 0 Å². The number of fused-ring (bicyclic) bond motifs is 3. The minimum absolute atomic E-state index is 0.0107. The Morgan fingerprint density at radius 2 is 1.76 bits per heavy atom. The third-order valence-corrected chi connectivity index (χ3v) is 9.26. The zero-order valence-electron chi connectivity index (χ0n) is 26.0. The molecule has 230 valence electrons. The maximum atomic E-state index is 14.2. The number of allylic oxidation sites excluding steroid dienone is 1. The number of amides is 1. The molecule has 0 unspecified atom stereocenters. The first-order valence-electron chi connectivity index (χ1n) is 15.5. The first-order chi connectivity index (χ1) is 19.2. The van der Waals surface area contributed by atoms with Crippen molar-refractivity contribution in [3.63, 3.8) is 0 Å². The molecular formula is C33H51NO7. The number of esters is 1. The van der Waals surface area contributed by atoms with Gasteiger partial charge in [0.2, 0.25) is 11.7 Å². The smallest absolute Gasteiger partial charge is 0.307 e. The van der Waals surface area contributed by atoms with Crippen molar-refractivity contribution in [1.82, 2.24) is 4.90 Å². The molecule has 1 amide bonds. The summed E-state index contributed by atoms with van der Waals surface area (Å²) in [7, 11) is 0. The molecule has 3 rings (SSSR count). The van der Waals surface area contributed by atoms with Crippen LogP contribution in [-0.2, 0) is 33.4 Å². The van der Waals surface area contributed by atoms with Gasteiger partial charge in [-0.3, -0.25) is 24.0 Å². The number of hydrogen-bond donors (Lipinski definition) is 0. The van der Waals surface area contributed by atoms with Crippen LogP contribution in [0.3, 0.4) is 0 Å². The van der Waals surface area contributed by atoms with Crippen LogP contribution < -0.4 is 0 Å². The molecule has 3 fully saturated rings. The lowest BCUT2D eigenvalue weighted by atomic mass is 9.85. The first-order valence-corrected chi connectivity index (χ1v) is 15.5. The van der Waals surface area contributed by atoms with Gasteiger partial charge in [-0.15, -0.1) is 6.58 Å². The molecule has 3 aliphatic rings. The molecule has 0 radical (unpaired) electrons. The third kappa shape index (κ3) is 8.36. The highest BCUT2D eigenvalue weighted by Crippen LogP contribution is 2.65. The van der Waals surface area contributed by atoms with E-state index in [1.165, 1.54) is 0 Å². The fourth-order valence-electron chi connectivity index (χ4n) is 6.79. The summed E-state index contributed by atoms with van der Waals surface area (Å²) in [4.78, 5) is 68.6. The fraction of sp³-hybridized carbons (Fsp3) is 0.788. The molecular weight excluding hydrogens is 522 g/mol. The first kappa shape index (κ1) is 33.2. The van der Waals surface area contributed by atoms with E-state index in [0.717, 1.165) is 32.1 Å². The molecule has 1 saturated carbocycles. The van der Waals surface area contributed by atoms with Crippen molar-refractivity contribution in [2.45, 2.75) is 123 Å². The van der Waals surface area contributed by atoms with Crippen LogP contribution >= 0.6 is 0 Å². The summed E-state index contributed by atoms with van der Waals surface area (Å²) in [6.45, 7) is 15.9. The summed E-state index contributed by atoms with van der Waals surface area (Å²) in [5.41, 5.74) is -0.787. The highest BCUT2D eigenvalue weighted by molar-refractivity contribution is 6.38. The standard InChI is InChI=1S/C33H51NO7/c1-8-9-16-25(35)30(38)22-15-13-11-10-12-14-17-40-21(2)23(19-27(37)41-32(3,4)5)31(39)34-20-24-28(33(24,6)7)29(34)26(36)18-22/h8,21-24,28-29H,1,9-20H2,2-7H3/t21-,22+,23-,24-,28-,29+/m0/s1. The number of rotatable bonds is 7. The summed E-state index contributed by atoms with van der Waals surface area (Å²) in [6, 6.07) is -0.678. The zero-order valence-corrected chi connectivity index (χ0v) is 26.0. The topological polar surface area (TPSA) is 107 Å². The van der Waals surface area contributed by atoms with Crippen LogP contribution in [0.25, 0.3) is 0 Å². The van der Waals surface area contributed by atoms with Crippen LogP contribution in [0.2, 0.25) is 0 Å². The molecule has 2 saturated heterocycles. The summed E-state index contributed by atoms with van der Waals surface area (Å²) in [5, 5.41) is 0. The highest BCUT2D eigenvalue weighted by atomic mass is 16.6. The molecule has 2 heterocycles. The predicted molar refractivity (Wildman–Crippen MR) is 156 cm³/mol. The van der Waals surface area contributed by atoms with Gasteiger partial charge in [0, 0.05) is 31.9 Å². The molecule has 6 atom stereocenters. The van der Waals surface area contributed by atoms with E-state index >= 15 is 0 Å². The number of ether oxygens (including phenoxy) is 2. The van der Waals surface area contributed by atoms with Gasteiger partial charge < -0.3 is 14.4 Å². The number of hydrogen-bond acceptors (Lipinski definition) is 7. The predicted octanol–water partition coefficient (Wildman–Crippen LogP) is 5.26. The summed E-state index contributed by atoms with van der Waals surface area (Å²) < 4.78 is 11.6. The molecule has 0 aromatic rings. The molecule has 8 heteroatoms. The molecule has 1 aliphatic carbocycles. The van der Waals surface area contributed by atoms with Gasteiger partial charge in [-0.1, -0.05) is 45.6 Å². The average molecular weight is 574 g/mol. The van der Waals surface area contributed by atoms with E-state index in [4.69, 9.17) is 9.47 Å². The molecule has 8 nitrogen and oxygen atoms in total. The van der Waals surface area contributed by atoms with E-state index in [2.05, 4.69) is 20.4 Å². The van der Waals surface area contributed by atoms with Gasteiger partial charge in [0.15, 0.2) is 11.6 Å². The lowest BCUT2D eigenvalue weighted by molar-refractivity contribution is -0.162. The minimum Gasteiger partial charge on any atom is -0.460 e. The van der Waals surface area contributed by atoms with Crippen LogP contribution in [-0.4, -0.2) is 65.0 Å². The van der Waals surface area contributed by atoms with Gasteiger partial charge in [-0.05, 0) is 64.2 Å². The molecule has 2 aliphatic heterocycles. The van der Waals surface area contributed by atoms with Crippen molar-refractivity contribution in [2.24, 2.45) is 29.1 Å². The molecule has 0 bridgehead atoms. The Labute approximate surface area is 246 Å². The summed E-state index contributed by atoms with van der Waals surface area (Å²) in [5.74, 6) is -3.15. The van der Waals surface area contributed by atoms with E-state index in [9.17, 15) is 24.0 Å². The fourth-order valence-corrected chi connectivity index (χ4v) is 6.79. The summed E-state index contributed by atoms with van der Waals surface area (Å²) >= 11 is 0. The quantitative estimate of drug-likeness (QED) is 0.232. The van der Waals surface area contributed by atoms with E-state index in [1.54, 1.807) is 31.7 Å². The van der Waals surface area contributed by atoms with Crippen LogP contribution in [0, 0.1) is 29.1 Å². The molecule has 0 N–H and O–H groups in total. The largest absolute Gasteiger partial charge is 0.460 e. The monoisotopic (exact) mass is 573 g/mol. The number of piperidine rings is 1. The number of carbonyl (C=O) groups is 5. The second-order valence-electron chi connectivity index (χ2n) is 13.9. The van der Waals surface area contributed by atoms with E-state index in [1.807, 2.05) is 6.92 Å². The molecule has 0 spiro atoms. The second kappa shape index (κ2) is 13.7. The molecule has 41 heavy (non-hydrogen) atoms. The number of nitrogens with zero attached hydrogens (tertiary/aromatic N) is 1. The van der Waals surface area contributed by atoms with Crippen molar-refractivity contribution in [1.29, 1.82) is 0 Å². The maximum Gasteiger partial charge on any atom is 0.307 e. The second-order valence-corrected chi connectivity index (χ2v) is 13.9.